The second-order valence-electron chi connectivity index (χ2n) is 6.43. The number of fused-ring (bicyclic) bond motifs is 1. The molecule has 7 heteroatoms. The lowest BCUT2D eigenvalue weighted by Crippen LogP contribution is -2.36. The van der Waals surface area contributed by atoms with Crippen LogP contribution in [0.2, 0.25) is 0 Å². The number of nitrogens with zero attached hydrogens (tertiary/aromatic N) is 1. The normalized spacial score (nSPS) is 11.3. The lowest BCUT2D eigenvalue weighted by molar-refractivity contribution is -0.117. The Kier molecular flexibility index (Phi) is 6.31. The fourth-order valence-electron chi connectivity index (χ4n) is 3.00. The number of hydrogen-bond acceptors (Lipinski definition) is 4. The van der Waals surface area contributed by atoms with E-state index in [1.54, 1.807) is 37.5 Å². The van der Waals surface area contributed by atoms with Crippen LogP contribution in [0.1, 0.15) is 15.9 Å². The monoisotopic (exact) mass is 393 g/mol. The number of hydrogen-bond donors (Lipinski definition) is 3. The number of aliphatic hydroxyl groups is 1. The van der Waals surface area contributed by atoms with Gasteiger partial charge < -0.3 is 25.0 Å². The van der Waals surface area contributed by atoms with Gasteiger partial charge in [0.05, 0.1) is 13.7 Å². The Hall–Kier alpha value is -3.58. The average molecular weight is 393 g/mol. The van der Waals surface area contributed by atoms with Crippen molar-refractivity contribution in [3.63, 3.8) is 0 Å². The second kappa shape index (κ2) is 9.07. The summed E-state index contributed by atoms with van der Waals surface area (Å²) in [7, 11) is 3.46. The largest absolute Gasteiger partial charge is 0.497 e. The molecule has 0 unspecified atom stereocenters. The number of rotatable bonds is 7. The van der Waals surface area contributed by atoms with Crippen LogP contribution in [0.25, 0.3) is 17.0 Å². The highest BCUT2D eigenvalue weighted by Crippen LogP contribution is 2.22. The predicted molar refractivity (Wildman–Crippen MR) is 111 cm³/mol. The van der Waals surface area contributed by atoms with Crippen LogP contribution < -0.4 is 15.4 Å². The maximum atomic E-state index is 12.7. The maximum Gasteiger partial charge on any atom is 0.267 e. The van der Waals surface area contributed by atoms with E-state index in [0.29, 0.717) is 11.3 Å². The third-order valence-corrected chi connectivity index (χ3v) is 4.47. The molecule has 2 amide bonds. The number of ether oxygens (including phenoxy) is 1. The van der Waals surface area contributed by atoms with Crippen molar-refractivity contribution in [2.75, 3.05) is 20.3 Å². The number of carbonyl (C=O) groups excluding carboxylic acids is 2. The molecule has 3 aromatic rings. The van der Waals surface area contributed by atoms with Gasteiger partial charge in [-0.05, 0) is 36.4 Å². The predicted octanol–water partition coefficient (Wildman–Crippen LogP) is 2.07. The number of carbonyl (C=O) groups is 2. The molecule has 1 heterocycles. The summed E-state index contributed by atoms with van der Waals surface area (Å²) in [5, 5.41) is 15.2. The van der Waals surface area contributed by atoms with Gasteiger partial charge in [0.2, 0.25) is 0 Å². The van der Waals surface area contributed by atoms with E-state index >= 15 is 0 Å². The van der Waals surface area contributed by atoms with E-state index in [-0.39, 0.29) is 18.8 Å². The first kappa shape index (κ1) is 20.2. The summed E-state index contributed by atoms with van der Waals surface area (Å²) in [6, 6.07) is 14.4. The summed E-state index contributed by atoms with van der Waals surface area (Å²) >= 11 is 0. The van der Waals surface area contributed by atoms with Crippen LogP contribution in [-0.2, 0) is 11.8 Å². The highest BCUT2D eigenvalue weighted by atomic mass is 16.5. The minimum absolute atomic E-state index is 0.0874. The van der Waals surface area contributed by atoms with E-state index in [1.165, 1.54) is 0 Å². The van der Waals surface area contributed by atoms with Gasteiger partial charge in [-0.2, -0.15) is 0 Å². The van der Waals surface area contributed by atoms with Gasteiger partial charge in [0.1, 0.15) is 11.4 Å². The van der Waals surface area contributed by atoms with Gasteiger partial charge in [-0.25, -0.2) is 0 Å². The average Bonchev–Trinajstić information content (AvgIpc) is 3.07. The number of amides is 2. The molecule has 3 N–H and O–H groups in total. The van der Waals surface area contributed by atoms with Crippen LogP contribution in [0.15, 0.2) is 60.4 Å². The van der Waals surface area contributed by atoms with Crippen molar-refractivity contribution in [1.29, 1.82) is 0 Å². The van der Waals surface area contributed by atoms with Crippen molar-refractivity contribution in [2.24, 2.45) is 7.05 Å². The molecule has 0 bridgehead atoms. The Morgan fingerprint density at radius 2 is 1.86 bits per heavy atom. The number of aromatic nitrogens is 1. The number of nitrogens with one attached hydrogen (secondary N) is 2. The molecule has 0 radical (unpaired) electrons. The molecule has 0 aliphatic rings. The van der Waals surface area contributed by atoms with E-state index in [4.69, 9.17) is 9.84 Å². The van der Waals surface area contributed by atoms with E-state index in [2.05, 4.69) is 10.6 Å². The molecule has 150 valence electrons. The summed E-state index contributed by atoms with van der Waals surface area (Å²) in [5.41, 5.74) is 2.29. The van der Waals surface area contributed by atoms with Crippen LogP contribution in [0.4, 0.5) is 0 Å². The minimum Gasteiger partial charge on any atom is -0.497 e. The van der Waals surface area contributed by atoms with Crippen LogP contribution in [0, 0.1) is 0 Å². The molecule has 0 aliphatic heterocycles. The highest BCUT2D eigenvalue weighted by Gasteiger charge is 2.16. The van der Waals surface area contributed by atoms with Crippen molar-refractivity contribution in [1.82, 2.24) is 15.2 Å². The summed E-state index contributed by atoms with van der Waals surface area (Å²) in [5.74, 6) is -0.263. The minimum atomic E-state index is -0.478. The van der Waals surface area contributed by atoms with E-state index in [9.17, 15) is 9.59 Å². The fourth-order valence-corrected chi connectivity index (χ4v) is 3.00. The van der Waals surface area contributed by atoms with E-state index in [0.717, 1.165) is 16.5 Å². The summed E-state index contributed by atoms with van der Waals surface area (Å²) < 4.78 is 7.06. The third kappa shape index (κ3) is 4.64. The van der Waals surface area contributed by atoms with Gasteiger partial charge in [-0.15, -0.1) is 0 Å². The number of aliphatic hydroxyl groups excluding tert-OH is 1. The zero-order chi connectivity index (χ0) is 20.8. The topological polar surface area (TPSA) is 92.6 Å². The molecule has 0 saturated heterocycles. The highest BCUT2D eigenvalue weighted by molar-refractivity contribution is 6.06. The number of para-hydroxylation sites is 1. The zero-order valence-corrected chi connectivity index (χ0v) is 16.3. The van der Waals surface area contributed by atoms with E-state index < -0.39 is 11.8 Å². The van der Waals surface area contributed by atoms with Crippen LogP contribution >= 0.6 is 0 Å². The van der Waals surface area contributed by atoms with Crippen molar-refractivity contribution in [2.45, 2.75) is 0 Å². The number of benzene rings is 2. The van der Waals surface area contributed by atoms with Gasteiger partial charge in [0.25, 0.3) is 11.8 Å². The molecule has 0 fully saturated rings. The van der Waals surface area contributed by atoms with Gasteiger partial charge in [-0.1, -0.05) is 18.2 Å². The molecule has 3 rings (SSSR count). The molecular weight excluding hydrogens is 370 g/mol. The molecular formula is C22H23N3O4. The lowest BCUT2D eigenvalue weighted by atomic mass is 10.1. The van der Waals surface area contributed by atoms with Gasteiger partial charge in [-0.3, -0.25) is 9.59 Å². The SMILES string of the molecule is COc1ccc(C(=O)NC(=Cc2cn(C)c3ccccc23)C(=O)NCCO)cc1. The third-order valence-electron chi connectivity index (χ3n) is 4.47. The molecule has 2 aromatic carbocycles. The summed E-state index contributed by atoms with van der Waals surface area (Å²) in [4.78, 5) is 25.2. The van der Waals surface area contributed by atoms with Gasteiger partial charge in [0, 0.05) is 41.8 Å². The van der Waals surface area contributed by atoms with Crippen LogP contribution in [-0.4, -0.2) is 41.7 Å². The molecule has 0 saturated carbocycles. The van der Waals surface area contributed by atoms with Crippen molar-refractivity contribution in [3.8, 4) is 5.75 Å². The summed E-state index contributed by atoms with van der Waals surface area (Å²) in [6.45, 7) is -0.107. The standard InChI is InChI=1S/C22H23N3O4/c1-25-14-16(18-5-3-4-6-20(18)25)13-19(22(28)23-11-12-26)24-21(27)15-7-9-17(29-2)10-8-15/h3-10,13-14,26H,11-12H2,1-2H3,(H,23,28)(H,24,27). The summed E-state index contributed by atoms with van der Waals surface area (Å²) in [6.07, 6.45) is 3.53. The molecule has 7 nitrogen and oxygen atoms in total. The van der Waals surface area contributed by atoms with E-state index in [1.807, 2.05) is 42.1 Å². The Morgan fingerprint density at radius 1 is 1.14 bits per heavy atom. The molecule has 29 heavy (non-hydrogen) atoms. The number of methoxy groups -OCH3 is 1. The first-order valence-corrected chi connectivity index (χ1v) is 9.13. The first-order valence-electron chi connectivity index (χ1n) is 9.13. The van der Waals surface area contributed by atoms with Crippen molar-refractivity contribution >= 4 is 28.8 Å². The smallest absolute Gasteiger partial charge is 0.267 e. The zero-order valence-electron chi connectivity index (χ0n) is 16.3. The van der Waals surface area contributed by atoms with Crippen LogP contribution in [0.3, 0.4) is 0 Å². The maximum absolute atomic E-state index is 12.7. The number of aryl methyl sites for hydroxylation is 1. The van der Waals surface area contributed by atoms with Gasteiger partial charge in [0.15, 0.2) is 0 Å². The molecule has 0 aliphatic carbocycles. The molecule has 1 aromatic heterocycles. The first-order chi connectivity index (χ1) is 14.0. The Morgan fingerprint density at radius 3 is 2.55 bits per heavy atom. The van der Waals surface area contributed by atoms with Gasteiger partial charge >= 0.3 is 0 Å². The lowest BCUT2D eigenvalue weighted by Gasteiger charge is -2.11. The quantitative estimate of drug-likeness (QED) is 0.536. The Labute approximate surface area is 168 Å². The second-order valence-corrected chi connectivity index (χ2v) is 6.43. The molecule has 0 atom stereocenters. The molecule has 0 spiro atoms. The van der Waals surface area contributed by atoms with Crippen LogP contribution in [0.5, 0.6) is 5.75 Å². The fraction of sp³-hybridized carbons (Fsp3) is 0.182. The Balaban J connectivity index is 1.94. The Bertz CT molecular complexity index is 1050. The van der Waals surface area contributed by atoms with Crippen molar-refractivity contribution in [3.05, 3.63) is 71.6 Å². The van der Waals surface area contributed by atoms with Crippen molar-refractivity contribution < 1.29 is 19.4 Å².